The molecule has 3 fully saturated rings. The molecule has 2 aliphatic heterocycles. The summed E-state index contributed by atoms with van der Waals surface area (Å²) in [6.45, 7) is 1.18. The Labute approximate surface area is 177 Å². The maximum absolute atomic E-state index is 13.1. The van der Waals surface area contributed by atoms with Crippen molar-refractivity contribution in [3.05, 3.63) is 0 Å². The second-order valence-corrected chi connectivity index (χ2v) is 8.47. The van der Waals surface area contributed by atoms with Gasteiger partial charge in [-0.05, 0) is 12.3 Å². The predicted molar refractivity (Wildman–Crippen MR) is 108 cm³/mol. The highest BCUT2D eigenvalue weighted by Crippen LogP contribution is 2.27. The van der Waals surface area contributed by atoms with E-state index in [4.69, 9.17) is 9.47 Å². The largest absolute Gasteiger partial charge is 0.378 e. The van der Waals surface area contributed by atoms with E-state index in [2.05, 4.69) is 10.6 Å². The van der Waals surface area contributed by atoms with Gasteiger partial charge in [-0.25, -0.2) is 4.79 Å². The van der Waals surface area contributed by atoms with Crippen molar-refractivity contribution in [2.75, 3.05) is 39.6 Å². The van der Waals surface area contributed by atoms with Crippen molar-refractivity contribution in [1.29, 1.82) is 0 Å². The smallest absolute Gasteiger partial charge is 0.318 e. The van der Waals surface area contributed by atoms with Gasteiger partial charge in [-0.15, -0.1) is 0 Å². The molecule has 0 spiro atoms. The van der Waals surface area contributed by atoms with E-state index < -0.39 is 30.8 Å². The molecule has 0 aromatic rings. The molecule has 1 saturated carbocycles. The van der Waals surface area contributed by atoms with Crippen molar-refractivity contribution >= 4 is 17.7 Å². The summed E-state index contributed by atoms with van der Waals surface area (Å²) in [6.07, 6.45) is 6.67. The summed E-state index contributed by atoms with van der Waals surface area (Å²) in [5.41, 5.74) is 0. The van der Waals surface area contributed by atoms with Gasteiger partial charge >= 0.3 is 6.03 Å². The minimum absolute atomic E-state index is 0.0596. The monoisotopic (exact) mass is 427 g/mol. The van der Waals surface area contributed by atoms with Crippen molar-refractivity contribution in [3.63, 3.8) is 0 Å². The first-order valence-electron chi connectivity index (χ1n) is 11.2. The third-order valence-corrected chi connectivity index (χ3v) is 6.31. The van der Waals surface area contributed by atoms with Crippen LogP contribution in [0.4, 0.5) is 9.18 Å². The van der Waals surface area contributed by atoms with Gasteiger partial charge in [0.25, 0.3) is 0 Å². The quantitative estimate of drug-likeness (QED) is 0.601. The van der Waals surface area contributed by atoms with E-state index in [1.807, 2.05) is 0 Å². The zero-order valence-corrected chi connectivity index (χ0v) is 17.6. The van der Waals surface area contributed by atoms with Gasteiger partial charge in [0.2, 0.25) is 5.91 Å². The van der Waals surface area contributed by atoms with Gasteiger partial charge in [0, 0.05) is 19.5 Å². The molecule has 3 aliphatic rings. The molecule has 170 valence electrons. The summed E-state index contributed by atoms with van der Waals surface area (Å²) in [6, 6.07) is -1.88. The number of ether oxygens (including phenoxy) is 2. The Kier molecular flexibility index (Phi) is 8.87. The molecular formula is C21H34FN3O5. The van der Waals surface area contributed by atoms with Crippen molar-refractivity contribution in [3.8, 4) is 0 Å². The van der Waals surface area contributed by atoms with Gasteiger partial charge in [0.1, 0.15) is 18.7 Å². The van der Waals surface area contributed by atoms with E-state index >= 15 is 0 Å². The Morgan fingerprint density at radius 2 is 1.83 bits per heavy atom. The molecule has 1 aliphatic carbocycles. The lowest BCUT2D eigenvalue weighted by Gasteiger charge is -2.30. The maximum atomic E-state index is 13.1. The molecule has 0 radical (unpaired) electrons. The molecular weight excluding hydrogens is 393 g/mol. The fourth-order valence-corrected chi connectivity index (χ4v) is 4.54. The number of hydrogen-bond donors (Lipinski definition) is 2. The minimum atomic E-state index is -0.856. The number of nitrogens with one attached hydrogen (secondary N) is 2. The van der Waals surface area contributed by atoms with Gasteiger partial charge < -0.3 is 25.0 Å². The lowest BCUT2D eigenvalue weighted by atomic mass is 9.92. The van der Waals surface area contributed by atoms with Crippen LogP contribution in [0, 0.1) is 5.92 Å². The summed E-state index contributed by atoms with van der Waals surface area (Å²) in [5, 5.41) is 5.62. The number of carbonyl (C=O) groups excluding carboxylic acids is 3. The molecule has 9 heteroatoms. The van der Waals surface area contributed by atoms with Gasteiger partial charge in [-0.3, -0.25) is 14.0 Å². The van der Waals surface area contributed by atoms with Crippen LogP contribution in [0.2, 0.25) is 0 Å². The molecule has 3 amide bonds. The number of morpholine rings is 1. The minimum Gasteiger partial charge on any atom is -0.378 e. The number of nitrogens with zero attached hydrogens (tertiary/aromatic N) is 1. The van der Waals surface area contributed by atoms with Crippen molar-refractivity contribution in [2.24, 2.45) is 5.92 Å². The fourth-order valence-electron chi connectivity index (χ4n) is 4.54. The summed E-state index contributed by atoms with van der Waals surface area (Å²) in [5.74, 6) is -0.298. The summed E-state index contributed by atoms with van der Waals surface area (Å²) < 4.78 is 23.4. The molecule has 0 unspecified atom stereocenters. The third-order valence-electron chi connectivity index (χ3n) is 6.31. The Balaban J connectivity index is 1.65. The van der Waals surface area contributed by atoms with Crippen LogP contribution < -0.4 is 10.6 Å². The average molecular weight is 428 g/mol. The van der Waals surface area contributed by atoms with Crippen LogP contribution in [-0.4, -0.2) is 80.4 Å². The lowest BCUT2D eigenvalue weighted by Crippen LogP contribution is -2.56. The zero-order chi connectivity index (χ0) is 21.3. The van der Waals surface area contributed by atoms with E-state index in [-0.39, 0.29) is 24.8 Å². The normalized spacial score (nSPS) is 26.8. The molecule has 0 bridgehead atoms. The summed E-state index contributed by atoms with van der Waals surface area (Å²) >= 11 is 0. The van der Waals surface area contributed by atoms with Crippen LogP contribution in [0.15, 0.2) is 0 Å². The summed E-state index contributed by atoms with van der Waals surface area (Å²) in [4.78, 5) is 39.6. The van der Waals surface area contributed by atoms with Gasteiger partial charge in [0.05, 0.1) is 26.0 Å². The highest BCUT2D eigenvalue weighted by atomic mass is 19.1. The van der Waals surface area contributed by atoms with Crippen LogP contribution in [0.3, 0.4) is 0 Å². The van der Waals surface area contributed by atoms with Gasteiger partial charge in [-0.1, -0.05) is 38.5 Å². The predicted octanol–water partition coefficient (Wildman–Crippen LogP) is 1.57. The Hall–Kier alpha value is -1.74. The molecule has 2 heterocycles. The van der Waals surface area contributed by atoms with Crippen LogP contribution >= 0.6 is 0 Å². The number of rotatable bonds is 7. The number of Topliss-reactive ketones (excluding diaryl/α,β-unsaturated/α-hetero) is 1. The molecule has 0 aromatic heterocycles. The SMILES string of the molecule is O=C(N[C@@H]1C(=O)CO[C@H]1CCF)[C@H](CC1CCCCCC1)NC(=O)N1CCOCC1. The number of amides is 3. The lowest BCUT2D eigenvalue weighted by molar-refractivity contribution is -0.128. The van der Waals surface area contributed by atoms with E-state index in [1.54, 1.807) is 4.90 Å². The average Bonchev–Trinajstić information content (AvgIpc) is 2.95. The molecule has 3 rings (SSSR count). The topological polar surface area (TPSA) is 97.0 Å². The van der Waals surface area contributed by atoms with Crippen LogP contribution in [0.25, 0.3) is 0 Å². The first-order chi connectivity index (χ1) is 14.6. The molecule has 2 N–H and O–H groups in total. The second kappa shape index (κ2) is 11.6. The summed E-state index contributed by atoms with van der Waals surface area (Å²) in [7, 11) is 0. The zero-order valence-electron chi connectivity index (χ0n) is 17.6. The van der Waals surface area contributed by atoms with E-state index in [0.29, 0.717) is 38.6 Å². The van der Waals surface area contributed by atoms with E-state index in [1.165, 1.54) is 12.8 Å². The molecule has 3 atom stereocenters. The highest BCUT2D eigenvalue weighted by molar-refractivity contribution is 5.94. The third kappa shape index (κ3) is 6.38. The second-order valence-electron chi connectivity index (χ2n) is 8.47. The van der Waals surface area contributed by atoms with Crippen molar-refractivity contribution in [1.82, 2.24) is 15.5 Å². The van der Waals surface area contributed by atoms with Gasteiger partial charge in [0.15, 0.2) is 5.78 Å². The Bertz CT molecular complexity index is 591. The molecule has 8 nitrogen and oxygen atoms in total. The molecule has 0 aromatic carbocycles. The number of ketones is 1. The molecule has 30 heavy (non-hydrogen) atoms. The number of alkyl halides is 1. The van der Waals surface area contributed by atoms with Gasteiger partial charge in [-0.2, -0.15) is 0 Å². The van der Waals surface area contributed by atoms with Crippen LogP contribution in [0.5, 0.6) is 0 Å². The van der Waals surface area contributed by atoms with Crippen molar-refractivity contribution in [2.45, 2.75) is 69.6 Å². The Morgan fingerprint density at radius 3 is 2.50 bits per heavy atom. The number of halogens is 1. The standard InChI is InChI=1S/C21H34FN3O5/c22-8-7-18-19(17(26)14-30-18)24-20(27)16(13-15-5-3-1-2-4-6-15)23-21(28)25-9-11-29-12-10-25/h15-16,18-19H,1-14H2,(H,23,28)(H,24,27)/t16-,18-,19+/m0/s1. The van der Waals surface area contributed by atoms with E-state index in [0.717, 1.165) is 25.7 Å². The number of carbonyl (C=O) groups is 3. The first-order valence-corrected chi connectivity index (χ1v) is 11.2. The Morgan fingerprint density at radius 1 is 1.13 bits per heavy atom. The van der Waals surface area contributed by atoms with Crippen LogP contribution in [-0.2, 0) is 19.1 Å². The van der Waals surface area contributed by atoms with E-state index in [9.17, 15) is 18.8 Å². The maximum Gasteiger partial charge on any atom is 0.318 e. The number of hydrogen-bond acceptors (Lipinski definition) is 5. The van der Waals surface area contributed by atoms with Crippen molar-refractivity contribution < 1.29 is 28.2 Å². The first kappa shape index (κ1) is 22.9. The fraction of sp³-hybridized carbons (Fsp3) is 0.857. The number of urea groups is 1. The van der Waals surface area contributed by atoms with Crippen LogP contribution in [0.1, 0.15) is 51.4 Å². The highest BCUT2D eigenvalue weighted by Gasteiger charge is 2.38. The molecule has 2 saturated heterocycles.